The van der Waals surface area contributed by atoms with E-state index in [9.17, 15) is 8.42 Å². The number of methoxy groups -OCH3 is 1. The topological polar surface area (TPSA) is 81.4 Å². The first kappa shape index (κ1) is 14.9. The molecule has 0 spiro atoms. The molecule has 0 radical (unpaired) electrons. The normalized spacial score (nSPS) is 13.5. The van der Waals surface area contributed by atoms with Crippen molar-refractivity contribution in [2.24, 2.45) is 0 Å². The number of ether oxygens (including phenoxy) is 1. The van der Waals surface area contributed by atoms with Crippen molar-refractivity contribution in [2.75, 3.05) is 19.5 Å². The second-order valence-electron chi connectivity index (χ2n) is 4.20. The molecule has 1 rings (SSSR count). The number of hydrogen-bond donors (Lipinski definition) is 2. The van der Waals surface area contributed by atoms with Crippen LogP contribution in [0.5, 0.6) is 0 Å². The summed E-state index contributed by atoms with van der Waals surface area (Å²) in [7, 11) is -2.00. The highest BCUT2D eigenvalue weighted by Gasteiger charge is 2.19. The summed E-state index contributed by atoms with van der Waals surface area (Å²) in [6.07, 6.45) is 0.661. The van der Waals surface area contributed by atoms with Crippen LogP contribution in [0.25, 0.3) is 0 Å². The van der Waals surface area contributed by atoms with E-state index in [2.05, 4.69) is 4.72 Å². The van der Waals surface area contributed by atoms with Crippen LogP contribution in [0.2, 0.25) is 0 Å². The summed E-state index contributed by atoms with van der Waals surface area (Å²) < 4.78 is 31.8. The van der Waals surface area contributed by atoms with Gasteiger partial charge < -0.3 is 10.5 Å². The SMILES string of the molecule is CCC(COC)NS(=O)(=O)c1ccc(C)c(N)c1. The van der Waals surface area contributed by atoms with Gasteiger partial charge in [-0.25, -0.2) is 13.1 Å². The van der Waals surface area contributed by atoms with Crippen LogP contribution in [0.15, 0.2) is 23.1 Å². The molecule has 102 valence electrons. The molecule has 0 saturated carbocycles. The first-order valence-electron chi connectivity index (χ1n) is 5.78. The Morgan fingerprint density at radius 1 is 1.44 bits per heavy atom. The molecule has 0 heterocycles. The van der Waals surface area contributed by atoms with Crippen molar-refractivity contribution in [2.45, 2.75) is 31.2 Å². The summed E-state index contributed by atoms with van der Waals surface area (Å²) in [5.41, 5.74) is 7.05. The number of nitrogens with two attached hydrogens (primary N) is 1. The maximum atomic E-state index is 12.1. The molecule has 0 amide bonds. The summed E-state index contributed by atoms with van der Waals surface area (Å²) in [5, 5.41) is 0. The van der Waals surface area contributed by atoms with E-state index in [-0.39, 0.29) is 10.9 Å². The van der Waals surface area contributed by atoms with E-state index in [0.29, 0.717) is 18.7 Å². The molecule has 1 aromatic rings. The second kappa shape index (κ2) is 6.17. The van der Waals surface area contributed by atoms with Crippen LogP contribution in [0.4, 0.5) is 5.69 Å². The lowest BCUT2D eigenvalue weighted by Crippen LogP contribution is -2.37. The first-order valence-corrected chi connectivity index (χ1v) is 7.26. The monoisotopic (exact) mass is 272 g/mol. The Hall–Kier alpha value is -1.11. The average molecular weight is 272 g/mol. The number of nitrogen functional groups attached to an aromatic ring is 1. The number of aryl methyl sites for hydroxylation is 1. The number of anilines is 1. The lowest BCUT2D eigenvalue weighted by atomic mass is 10.2. The molecule has 0 fully saturated rings. The smallest absolute Gasteiger partial charge is 0.240 e. The van der Waals surface area contributed by atoms with Gasteiger partial charge in [0, 0.05) is 18.8 Å². The fourth-order valence-corrected chi connectivity index (χ4v) is 2.85. The Kier molecular flexibility index (Phi) is 5.13. The van der Waals surface area contributed by atoms with Crippen molar-refractivity contribution in [3.63, 3.8) is 0 Å². The number of rotatable bonds is 6. The molecule has 0 aliphatic rings. The minimum Gasteiger partial charge on any atom is -0.398 e. The standard InChI is InChI=1S/C12H20N2O3S/c1-4-10(8-17-3)14-18(15,16)11-6-5-9(2)12(13)7-11/h5-7,10,14H,4,8,13H2,1-3H3. The van der Waals surface area contributed by atoms with Gasteiger partial charge in [0.15, 0.2) is 0 Å². The van der Waals surface area contributed by atoms with E-state index >= 15 is 0 Å². The molecule has 3 N–H and O–H groups in total. The summed E-state index contributed by atoms with van der Waals surface area (Å²) in [5.74, 6) is 0. The molecule has 0 bridgehead atoms. The quantitative estimate of drug-likeness (QED) is 0.764. The van der Waals surface area contributed by atoms with Crippen LogP contribution in [0, 0.1) is 6.92 Å². The number of hydrogen-bond acceptors (Lipinski definition) is 4. The molecule has 18 heavy (non-hydrogen) atoms. The highest BCUT2D eigenvalue weighted by Crippen LogP contribution is 2.17. The molecule has 0 aliphatic heterocycles. The number of nitrogens with one attached hydrogen (secondary N) is 1. The van der Waals surface area contributed by atoms with Crippen LogP contribution >= 0.6 is 0 Å². The van der Waals surface area contributed by atoms with Gasteiger partial charge in [0.1, 0.15) is 0 Å². The third-order valence-electron chi connectivity index (χ3n) is 2.74. The summed E-state index contributed by atoms with van der Waals surface area (Å²) in [6.45, 7) is 4.08. The number of benzene rings is 1. The van der Waals surface area contributed by atoms with Crippen molar-refractivity contribution in [1.29, 1.82) is 0 Å². The Balaban J connectivity index is 2.95. The Labute approximate surface area is 108 Å². The van der Waals surface area contributed by atoms with Gasteiger partial charge in [0.05, 0.1) is 11.5 Å². The molecular weight excluding hydrogens is 252 g/mol. The van der Waals surface area contributed by atoms with Gasteiger partial charge in [-0.1, -0.05) is 13.0 Å². The molecule has 1 unspecified atom stereocenters. The van der Waals surface area contributed by atoms with E-state index in [1.165, 1.54) is 6.07 Å². The van der Waals surface area contributed by atoms with Crippen LogP contribution in [-0.4, -0.2) is 28.2 Å². The molecule has 0 saturated heterocycles. The van der Waals surface area contributed by atoms with Gasteiger partial charge in [0.2, 0.25) is 10.0 Å². The average Bonchev–Trinajstić information content (AvgIpc) is 2.31. The molecule has 1 aromatic carbocycles. The molecule has 5 nitrogen and oxygen atoms in total. The van der Waals surface area contributed by atoms with Gasteiger partial charge in [-0.2, -0.15) is 0 Å². The Morgan fingerprint density at radius 2 is 2.11 bits per heavy atom. The van der Waals surface area contributed by atoms with Crippen molar-refractivity contribution in [3.05, 3.63) is 23.8 Å². The minimum atomic E-state index is -3.54. The van der Waals surface area contributed by atoms with Crippen molar-refractivity contribution >= 4 is 15.7 Å². The number of sulfonamides is 1. The maximum absolute atomic E-state index is 12.1. The van der Waals surface area contributed by atoms with Crippen molar-refractivity contribution in [1.82, 2.24) is 4.72 Å². The highest BCUT2D eigenvalue weighted by molar-refractivity contribution is 7.89. The van der Waals surface area contributed by atoms with Crippen LogP contribution in [-0.2, 0) is 14.8 Å². The van der Waals surface area contributed by atoms with Gasteiger partial charge >= 0.3 is 0 Å². The van der Waals surface area contributed by atoms with Gasteiger partial charge in [-0.3, -0.25) is 0 Å². The fraction of sp³-hybridized carbons (Fsp3) is 0.500. The minimum absolute atomic E-state index is 0.181. The second-order valence-corrected chi connectivity index (χ2v) is 5.91. The van der Waals surface area contributed by atoms with Gasteiger partial charge in [-0.05, 0) is 31.0 Å². The first-order chi connectivity index (χ1) is 8.40. The largest absolute Gasteiger partial charge is 0.398 e. The zero-order valence-corrected chi connectivity index (χ0v) is 11.8. The predicted molar refractivity (Wildman–Crippen MR) is 71.9 cm³/mol. The van der Waals surface area contributed by atoms with Crippen LogP contribution < -0.4 is 10.5 Å². The van der Waals surface area contributed by atoms with Crippen molar-refractivity contribution in [3.8, 4) is 0 Å². The van der Waals surface area contributed by atoms with E-state index in [4.69, 9.17) is 10.5 Å². The van der Waals surface area contributed by atoms with Gasteiger partial charge in [0.25, 0.3) is 0 Å². The van der Waals surface area contributed by atoms with E-state index in [1.807, 2.05) is 13.8 Å². The fourth-order valence-electron chi connectivity index (χ4n) is 1.51. The van der Waals surface area contributed by atoms with Crippen LogP contribution in [0.1, 0.15) is 18.9 Å². The van der Waals surface area contributed by atoms with E-state index in [0.717, 1.165) is 5.56 Å². The predicted octanol–water partition coefficient (Wildman–Crippen LogP) is 1.28. The van der Waals surface area contributed by atoms with Crippen molar-refractivity contribution < 1.29 is 13.2 Å². The lowest BCUT2D eigenvalue weighted by Gasteiger charge is -2.16. The van der Waals surface area contributed by atoms with Gasteiger partial charge in [-0.15, -0.1) is 0 Å². The Morgan fingerprint density at radius 3 is 2.61 bits per heavy atom. The van der Waals surface area contributed by atoms with E-state index in [1.54, 1.807) is 19.2 Å². The third kappa shape index (κ3) is 3.69. The Bertz CT molecular complexity index is 500. The van der Waals surface area contributed by atoms with Crippen LogP contribution in [0.3, 0.4) is 0 Å². The lowest BCUT2D eigenvalue weighted by molar-refractivity contribution is 0.173. The zero-order valence-electron chi connectivity index (χ0n) is 10.9. The zero-order chi connectivity index (χ0) is 13.8. The summed E-state index contributed by atoms with van der Waals surface area (Å²) >= 11 is 0. The molecule has 1 atom stereocenters. The summed E-state index contributed by atoms with van der Waals surface area (Å²) in [4.78, 5) is 0.181. The molecule has 0 aromatic heterocycles. The maximum Gasteiger partial charge on any atom is 0.240 e. The molecule has 0 aliphatic carbocycles. The molecule has 6 heteroatoms. The van der Waals surface area contributed by atoms with E-state index < -0.39 is 10.0 Å². The molecular formula is C12H20N2O3S. The summed E-state index contributed by atoms with van der Waals surface area (Å²) in [6, 6.07) is 4.48. The highest BCUT2D eigenvalue weighted by atomic mass is 32.2. The third-order valence-corrected chi connectivity index (χ3v) is 4.26.